The minimum atomic E-state index is 0. The van der Waals surface area contributed by atoms with Gasteiger partial charge in [0.15, 0.2) is 0 Å². The molecule has 0 rings (SSSR count). The molecule has 0 heterocycles. The van der Waals surface area contributed by atoms with Gasteiger partial charge < -0.3 is 0 Å². The van der Waals surface area contributed by atoms with Crippen LogP contribution in [0.1, 0.15) is 0 Å². The van der Waals surface area contributed by atoms with E-state index in [0.29, 0.717) is 0 Å². The molecule has 0 amide bonds. The molecule has 0 saturated carbocycles. The summed E-state index contributed by atoms with van der Waals surface area (Å²) < 4.78 is 0. The quantitative estimate of drug-likeness (QED) is 0.310. The van der Waals surface area contributed by atoms with E-state index in [2.05, 4.69) is 0 Å². The van der Waals surface area contributed by atoms with Crippen molar-refractivity contribution < 1.29 is 117 Å². The maximum absolute atomic E-state index is 0. The summed E-state index contributed by atoms with van der Waals surface area (Å²) in [6, 6.07) is 0. The van der Waals surface area contributed by atoms with Crippen molar-refractivity contribution in [3.63, 3.8) is 0 Å². The molecule has 33 valence electrons. The van der Waals surface area contributed by atoms with Gasteiger partial charge in [-0.2, -0.15) is 0 Å². The molecular formula is H2NbPbTiYbZr. The van der Waals surface area contributed by atoms with Crippen LogP contribution in [0.5, 0.6) is 0 Å². The zero-order chi connectivity index (χ0) is 0. The normalized spacial score (nSPS) is 0. The fraction of sp³-hybridized carbons (Fsp3) is 0. The van der Waals surface area contributed by atoms with Crippen LogP contribution in [0, 0.1) is 46.9 Å². The van der Waals surface area contributed by atoms with Crippen LogP contribution < -0.4 is 0 Å². The van der Waals surface area contributed by atoms with E-state index in [1.54, 1.807) is 0 Å². The van der Waals surface area contributed by atoms with Gasteiger partial charge in [-0.15, -0.1) is 0 Å². The van der Waals surface area contributed by atoms with E-state index in [1.807, 2.05) is 0 Å². The van der Waals surface area contributed by atoms with Gasteiger partial charge in [0, 0.05) is 117 Å². The summed E-state index contributed by atoms with van der Waals surface area (Å²) in [6.07, 6.45) is 0. The molecular weight excluding hydrogens is 612 g/mol. The second-order valence-electron chi connectivity index (χ2n) is 0. The molecule has 0 aromatic rings. The Hall–Kier alpha value is 4.78. The van der Waals surface area contributed by atoms with Crippen LogP contribution in [-0.4, -0.2) is 27.3 Å². The van der Waals surface area contributed by atoms with Gasteiger partial charge in [-0.05, 0) is 0 Å². The predicted octanol–water partition coefficient (Wildman–Crippen LogP) is -0.924. The van der Waals surface area contributed by atoms with E-state index in [4.69, 9.17) is 0 Å². The van der Waals surface area contributed by atoms with Crippen LogP contribution in [0.3, 0.4) is 0 Å². The summed E-state index contributed by atoms with van der Waals surface area (Å²) in [4.78, 5) is 0. The summed E-state index contributed by atoms with van der Waals surface area (Å²) in [5, 5.41) is 0. The second kappa shape index (κ2) is 23.3. The van der Waals surface area contributed by atoms with Gasteiger partial charge in [0.1, 0.15) is 0 Å². The Bertz CT molecular complexity index is 11.6. The van der Waals surface area contributed by atoms with Crippen molar-refractivity contribution in [2.45, 2.75) is 0 Å². The Balaban J connectivity index is 0. The van der Waals surface area contributed by atoms with Crippen molar-refractivity contribution in [2.24, 2.45) is 0 Å². The molecule has 0 saturated heterocycles. The van der Waals surface area contributed by atoms with Crippen molar-refractivity contribution in [3.05, 3.63) is 0 Å². The summed E-state index contributed by atoms with van der Waals surface area (Å²) in [5.41, 5.74) is 0. The third-order valence-electron chi connectivity index (χ3n) is 0. The molecule has 0 aliphatic carbocycles. The molecule has 0 bridgehead atoms. The predicted molar refractivity (Wildman–Crippen MR) is 8.54 cm³/mol. The molecule has 0 aromatic heterocycles. The number of rotatable bonds is 0. The van der Waals surface area contributed by atoms with Crippen LogP contribution >= 0.6 is 0 Å². The second-order valence-corrected chi connectivity index (χ2v) is 0. The average Bonchev–Trinajstić information content (AvgIpc) is 0. The van der Waals surface area contributed by atoms with E-state index < -0.39 is 0 Å². The van der Waals surface area contributed by atoms with Crippen molar-refractivity contribution in [3.8, 4) is 0 Å². The van der Waals surface area contributed by atoms with Crippen LogP contribution in [0.25, 0.3) is 0 Å². The number of hydrogen-bond donors (Lipinski definition) is 0. The first-order valence-corrected chi connectivity index (χ1v) is 0. The Morgan fingerprint density at radius 2 is 1.00 bits per heavy atom. The molecule has 0 N–H and O–H groups in total. The largest absolute Gasteiger partial charge is 0 e. The van der Waals surface area contributed by atoms with Gasteiger partial charge in [-0.1, -0.05) is 0 Å². The molecule has 0 aromatic carbocycles. The van der Waals surface area contributed by atoms with Crippen molar-refractivity contribution in [1.82, 2.24) is 0 Å². The van der Waals surface area contributed by atoms with E-state index in [0.717, 1.165) is 0 Å². The third kappa shape index (κ3) is 17.7. The first-order valence-electron chi connectivity index (χ1n) is 0. The summed E-state index contributed by atoms with van der Waals surface area (Å²) in [7, 11) is 0. The van der Waals surface area contributed by atoms with Gasteiger partial charge in [-0.25, -0.2) is 0 Å². The average molecular weight is 614 g/mol. The van der Waals surface area contributed by atoms with Gasteiger partial charge in [-0.3, -0.25) is 0 Å². The molecule has 5 heavy (non-hydrogen) atoms. The van der Waals surface area contributed by atoms with Crippen molar-refractivity contribution in [1.29, 1.82) is 0 Å². The van der Waals surface area contributed by atoms with E-state index in [-0.39, 0.29) is 145 Å². The van der Waals surface area contributed by atoms with Crippen LogP contribution in [0.2, 0.25) is 0 Å². The minimum Gasteiger partial charge on any atom is 0 e. The standard InChI is InChI=1S/Nb.Pb.Ti.Yb.Zr.2H. The maximum atomic E-state index is 0. The molecule has 0 atom stereocenters. The van der Waals surface area contributed by atoms with Gasteiger partial charge in [0.05, 0.1) is 0 Å². The summed E-state index contributed by atoms with van der Waals surface area (Å²) in [6.45, 7) is 0. The molecule has 3 radical (unpaired) electrons. The van der Waals surface area contributed by atoms with Crippen LogP contribution in [0.4, 0.5) is 0 Å². The monoisotopic (exact) mass is 615 g/mol. The third-order valence-corrected chi connectivity index (χ3v) is 0. The van der Waals surface area contributed by atoms with Gasteiger partial charge in [0.2, 0.25) is 0 Å². The van der Waals surface area contributed by atoms with E-state index in [1.165, 1.54) is 0 Å². The Morgan fingerprint density at radius 1 is 1.00 bits per heavy atom. The molecule has 5 heteroatoms. The first kappa shape index (κ1) is 33.0. The van der Waals surface area contributed by atoms with Gasteiger partial charge in [0.25, 0.3) is 0 Å². The molecule has 0 unspecified atom stereocenters. The first-order chi connectivity index (χ1) is 0. The summed E-state index contributed by atoms with van der Waals surface area (Å²) >= 11 is 0. The van der Waals surface area contributed by atoms with Crippen molar-refractivity contribution >= 4 is 27.3 Å². The summed E-state index contributed by atoms with van der Waals surface area (Å²) in [5.74, 6) is 0. The van der Waals surface area contributed by atoms with E-state index in [9.17, 15) is 0 Å². The fourth-order valence-electron chi connectivity index (χ4n) is 0. The Morgan fingerprint density at radius 3 is 1.00 bits per heavy atom. The Kier molecular flexibility index (Phi) is 154. The Labute approximate surface area is 140 Å². The molecule has 0 aliphatic rings. The molecule has 0 nitrogen and oxygen atoms in total. The zero-order valence-electron chi connectivity index (χ0n) is 2.42. The van der Waals surface area contributed by atoms with Gasteiger partial charge >= 0.3 is 27.3 Å². The molecule has 0 aliphatic heterocycles. The topological polar surface area (TPSA) is 0 Å². The van der Waals surface area contributed by atoms with Crippen molar-refractivity contribution in [2.75, 3.05) is 0 Å². The smallest absolute Gasteiger partial charge is 0 e. The number of hydrogen-bond acceptors (Lipinski definition) is 0. The zero-order valence-corrected chi connectivity index (χ0v) is 15.9. The van der Waals surface area contributed by atoms with E-state index >= 15 is 0 Å². The SMILES string of the molecule is [Nb].[PbH2].[Ti].[Yb].[Zr]. The molecule has 0 fully saturated rings. The maximum Gasteiger partial charge on any atom is 0 e. The molecule has 0 spiro atoms. The van der Waals surface area contributed by atoms with Crippen LogP contribution in [0.15, 0.2) is 0 Å². The van der Waals surface area contributed by atoms with Crippen LogP contribution in [-0.2, 0) is 70.3 Å². The fourth-order valence-corrected chi connectivity index (χ4v) is 0. The minimum absolute atomic E-state index is 0.